The van der Waals surface area contributed by atoms with E-state index >= 15 is 0 Å². The zero-order valence-corrected chi connectivity index (χ0v) is 17.2. The van der Waals surface area contributed by atoms with Gasteiger partial charge in [-0.25, -0.2) is 0 Å². The van der Waals surface area contributed by atoms with Crippen LogP contribution >= 0.6 is 11.3 Å². The highest BCUT2D eigenvalue weighted by Crippen LogP contribution is 2.51. The molecule has 5 heteroatoms. The second-order valence-electron chi connectivity index (χ2n) is 8.37. The summed E-state index contributed by atoms with van der Waals surface area (Å²) < 4.78 is 5.88. The van der Waals surface area contributed by atoms with Crippen LogP contribution in [0.2, 0.25) is 0 Å². The smallest absolute Gasteiger partial charge is 0.232 e. The van der Waals surface area contributed by atoms with Crippen LogP contribution in [0, 0.1) is 0 Å². The van der Waals surface area contributed by atoms with Crippen molar-refractivity contribution >= 4 is 22.1 Å². The molecule has 0 N–H and O–H groups in total. The quantitative estimate of drug-likeness (QED) is 0.443. The molecule has 2 aliphatic rings. The maximum absolute atomic E-state index is 5.88. The predicted molar refractivity (Wildman–Crippen MR) is 116 cm³/mol. The number of likely N-dealkylation sites (N-methyl/N-ethyl adjacent to an activating group) is 1. The van der Waals surface area contributed by atoms with Crippen LogP contribution in [0.15, 0.2) is 64.5 Å². The summed E-state index contributed by atoms with van der Waals surface area (Å²) >= 11 is 1.65. The van der Waals surface area contributed by atoms with Crippen molar-refractivity contribution in [2.45, 2.75) is 43.2 Å². The van der Waals surface area contributed by atoms with Crippen molar-refractivity contribution in [3.05, 3.63) is 71.4 Å². The van der Waals surface area contributed by atoms with Gasteiger partial charge in [-0.3, -0.25) is 4.90 Å². The topological polar surface area (TPSA) is 42.2 Å². The van der Waals surface area contributed by atoms with Crippen LogP contribution < -0.4 is 0 Å². The van der Waals surface area contributed by atoms with Gasteiger partial charge in [-0.2, -0.15) is 4.98 Å². The monoisotopic (exact) mass is 401 g/mol. The fourth-order valence-corrected chi connectivity index (χ4v) is 6.11. The number of nitrogens with zero attached hydrogens (tertiary/aromatic N) is 3. The maximum atomic E-state index is 5.88. The molecule has 4 aromatic rings. The first kappa shape index (κ1) is 17.4. The molecule has 2 bridgehead atoms. The lowest BCUT2D eigenvalue weighted by atomic mass is 9.75. The summed E-state index contributed by atoms with van der Waals surface area (Å²) in [6.07, 6.45) is 3.60. The number of thiophene rings is 1. The van der Waals surface area contributed by atoms with Crippen molar-refractivity contribution in [3.8, 4) is 10.7 Å². The zero-order chi connectivity index (χ0) is 19.4. The molecule has 0 spiro atoms. The van der Waals surface area contributed by atoms with Crippen LogP contribution in [0.1, 0.15) is 42.6 Å². The second kappa shape index (κ2) is 6.78. The molecule has 1 unspecified atom stereocenters. The Kier molecular flexibility index (Phi) is 4.06. The summed E-state index contributed by atoms with van der Waals surface area (Å²) in [4.78, 5) is 8.49. The van der Waals surface area contributed by atoms with Gasteiger partial charge in [0.1, 0.15) is 0 Å². The van der Waals surface area contributed by atoms with E-state index in [2.05, 4.69) is 71.0 Å². The van der Waals surface area contributed by atoms with Crippen LogP contribution in [0.25, 0.3) is 21.5 Å². The van der Waals surface area contributed by atoms with Crippen molar-refractivity contribution in [1.29, 1.82) is 0 Å². The predicted octanol–water partition coefficient (Wildman–Crippen LogP) is 5.69. The fraction of sp³-hybridized carbons (Fsp3) is 0.333. The maximum Gasteiger partial charge on any atom is 0.232 e. The Morgan fingerprint density at radius 2 is 1.93 bits per heavy atom. The number of hydrogen-bond acceptors (Lipinski definition) is 5. The van der Waals surface area contributed by atoms with E-state index in [1.165, 1.54) is 29.2 Å². The van der Waals surface area contributed by atoms with Crippen LogP contribution in [0.5, 0.6) is 0 Å². The number of rotatable bonds is 3. The Balaban J connectivity index is 1.43. The van der Waals surface area contributed by atoms with Crippen LogP contribution in [-0.2, 0) is 0 Å². The highest BCUT2D eigenvalue weighted by molar-refractivity contribution is 7.13. The first-order valence-electron chi connectivity index (χ1n) is 10.4. The number of benzene rings is 2. The van der Waals surface area contributed by atoms with Gasteiger partial charge in [0.2, 0.25) is 11.7 Å². The lowest BCUT2D eigenvalue weighted by molar-refractivity contribution is 0.120. The minimum Gasteiger partial charge on any atom is -0.339 e. The molecule has 2 saturated heterocycles. The minimum atomic E-state index is 0.237. The highest BCUT2D eigenvalue weighted by atomic mass is 32.1. The molecule has 2 aromatic heterocycles. The van der Waals surface area contributed by atoms with Gasteiger partial charge in [0.05, 0.1) is 10.8 Å². The molecule has 2 aromatic carbocycles. The lowest BCUT2D eigenvalue weighted by Crippen LogP contribution is -2.44. The molecular formula is C24H23N3OS. The van der Waals surface area contributed by atoms with E-state index in [0.717, 1.165) is 23.0 Å². The van der Waals surface area contributed by atoms with Gasteiger partial charge in [-0.15, -0.1) is 11.3 Å². The molecular weight excluding hydrogens is 378 g/mol. The molecule has 29 heavy (non-hydrogen) atoms. The molecule has 6 rings (SSSR count). The van der Waals surface area contributed by atoms with Crippen LogP contribution in [0.3, 0.4) is 0 Å². The molecule has 2 aliphatic heterocycles. The number of fused-ring (bicyclic) bond motifs is 3. The molecule has 2 fully saturated rings. The Hall–Kier alpha value is -2.50. The van der Waals surface area contributed by atoms with Gasteiger partial charge in [0, 0.05) is 12.1 Å². The number of aromatic nitrogens is 2. The van der Waals surface area contributed by atoms with Gasteiger partial charge in [-0.1, -0.05) is 53.7 Å². The molecule has 0 radical (unpaired) electrons. The average molecular weight is 402 g/mol. The van der Waals surface area contributed by atoms with E-state index < -0.39 is 0 Å². The van der Waals surface area contributed by atoms with Crippen molar-refractivity contribution in [2.75, 3.05) is 7.05 Å². The van der Waals surface area contributed by atoms with Crippen molar-refractivity contribution in [3.63, 3.8) is 0 Å². The van der Waals surface area contributed by atoms with Gasteiger partial charge in [-0.05, 0) is 60.0 Å². The summed E-state index contributed by atoms with van der Waals surface area (Å²) in [5, 5.41) is 8.98. The van der Waals surface area contributed by atoms with Crippen LogP contribution in [-0.4, -0.2) is 34.2 Å². The normalized spacial score (nSPS) is 26.9. The molecule has 4 atom stereocenters. The second-order valence-corrected chi connectivity index (χ2v) is 9.32. The third kappa shape index (κ3) is 2.83. The standard InChI is InChI=1S/C24H23N3OS/c1-27-18-10-11-20(27)22(24-25-23(26-28-24)21-7-4-12-29-21)19(14-18)17-9-8-15-5-2-3-6-16(15)13-17/h2-9,12-13,18-20,22H,10-11,14H2,1H3/t18?,19-,20-,22+/m1/s1. The first-order chi connectivity index (χ1) is 14.3. The summed E-state index contributed by atoms with van der Waals surface area (Å²) in [6.45, 7) is 0. The molecule has 0 saturated carbocycles. The van der Waals surface area contributed by atoms with Crippen molar-refractivity contribution in [2.24, 2.45) is 0 Å². The molecule has 0 aliphatic carbocycles. The van der Waals surface area contributed by atoms with Gasteiger partial charge in [0.25, 0.3) is 0 Å². The zero-order valence-electron chi connectivity index (χ0n) is 16.4. The fourth-order valence-electron chi connectivity index (χ4n) is 5.46. The third-order valence-electron chi connectivity index (χ3n) is 6.94. The summed E-state index contributed by atoms with van der Waals surface area (Å²) in [7, 11) is 2.27. The lowest BCUT2D eigenvalue weighted by Gasteiger charge is -2.41. The van der Waals surface area contributed by atoms with Crippen LogP contribution in [0.4, 0.5) is 0 Å². The number of piperidine rings is 1. The van der Waals surface area contributed by atoms with Gasteiger partial charge in [0.15, 0.2) is 0 Å². The van der Waals surface area contributed by atoms with E-state index in [9.17, 15) is 0 Å². The Labute approximate surface area is 174 Å². The first-order valence-corrected chi connectivity index (χ1v) is 11.2. The summed E-state index contributed by atoms with van der Waals surface area (Å²) in [5.41, 5.74) is 1.40. The van der Waals surface area contributed by atoms with E-state index in [4.69, 9.17) is 9.51 Å². The number of hydrogen-bond donors (Lipinski definition) is 0. The highest BCUT2D eigenvalue weighted by Gasteiger charge is 2.48. The Morgan fingerprint density at radius 3 is 2.79 bits per heavy atom. The molecule has 146 valence electrons. The van der Waals surface area contributed by atoms with E-state index in [1.807, 2.05) is 6.07 Å². The van der Waals surface area contributed by atoms with E-state index in [0.29, 0.717) is 18.0 Å². The molecule has 4 heterocycles. The van der Waals surface area contributed by atoms with E-state index in [-0.39, 0.29) is 5.92 Å². The van der Waals surface area contributed by atoms with Crippen molar-refractivity contribution < 1.29 is 4.52 Å². The van der Waals surface area contributed by atoms with E-state index in [1.54, 1.807) is 11.3 Å². The average Bonchev–Trinajstić information content (AvgIpc) is 3.48. The van der Waals surface area contributed by atoms with Gasteiger partial charge >= 0.3 is 0 Å². The minimum absolute atomic E-state index is 0.237. The van der Waals surface area contributed by atoms with Gasteiger partial charge < -0.3 is 4.52 Å². The summed E-state index contributed by atoms with van der Waals surface area (Å²) in [5.74, 6) is 2.16. The van der Waals surface area contributed by atoms with Crippen molar-refractivity contribution in [1.82, 2.24) is 15.0 Å². The Morgan fingerprint density at radius 1 is 1.03 bits per heavy atom. The SMILES string of the molecule is CN1C2CC[C@@H]1[C@@H](c1nc(-c3cccs3)no1)[C@@H](c1ccc3ccccc3c1)C2. The summed E-state index contributed by atoms with van der Waals surface area (Å²) in [6, 6.07) is 20.7. The molecule has 0 amide bonds. The third-order valence-corrected chi connectivity index (χ3v) is 7.80. The Bertz CT molecular complexity index is 1150. The molecule has 4 nitrogen and oxygen atoms in total. The largest absolute Gasteiger partial charge is 0.339 e.